The molecule has 2 aliphatic rings. The molecule has 3 nitrogen and oxygen atoms in total. The molecule has 1 spiro atoms. The average Bonchev–Trinajstić information content (AvgIpc) is 3.92. The van der Waals surface area contributed by atoms with Crippen LogP contribution in [-0.2, 0) is 5.41 Å². The first-order valence-corrected chi connectivity index (χ1v) is 22.7. The molecule has 12 aromatic rings. The maximum atomic E-state index is 7.27. The Morgan fingerprint density at radius 2 is 0.909 bits per heavy atom. The third-order valence-electron chi connectivity index (χ3n) is 14.1. The van der Waals surface area contributed by atoms with Gasteiger partial charge in [0.2, 0.25) is 0 Å². The number of hydrogen-bond acceptors (Lipinski definition) is 3. The average molecular weight is 842 g/mol. The van der Waals surface area contributed by atoms with Gasteiger partial charge in [0.25, 0.3) is 0 Å². The van der Waals surface area contributed by atoms with E-state index in [1.807, 2.05) is 6.07 Å². The fourth-order valence-corrected chi connectivity index (χ4v) is 11.4. The summed E-state index contributed by atoms with van der Waals surface area (Å²) in [7, 11) is 0. The number of fused-ring (bicyclic) bond motifs is 16. The Balaban J connectivity index is 1.07. The molecule has 2 heterocycles. The Bertz CT molecular complexity index is 3850. The molecule has 1 aliphatic carbocycles. The first-order valence-electron chi connectivity index (χ1n) is 22.7. The SMILES string of the molecule is c1ccc(-c2cccc(N(c3ccccc3-c3cccc4c3-c3ccccc3C43c4ccc5ccccc5c4Oc4c3ccc3ccccc43)c3cccc4oc5ccccc5c34)c2)cc1. The van der Waals surface area contributed by atoms with E-state index in [2.05, 4.69) is 235 Å². The second-order valence-corrected chi connectivity index (χ2v) is 17.5. The number of furan rings is 1. The molecule has 0 amide bonds. The van der Waals surface area contributed by atoms with Crippen molar-refractivity contribution in [2.24, 2.45) is 0 Å². The van der Waals surface area contributed by atoms with Crippen LogP contribution in [0.25, 0.3) is 76.9 Å². The molecule has 0 atom stereocenters. The van der Waals surface area contributed by atoms with E-state index < -0.39 is 5.41 Å². The molecule has 14 rings (SSSR count). The first kappa shape index (κ1) is 36.8. The lowest BCUT2D eigenvalue weighted by Crippen LogP contribution is -2.32. The van der Waals surface area contributed by atoms with Crippen molar-refractivity contribution in [2.75, 3.05) is 4.90 Å². The number of anilines is 3. The summed E-state index contributed by atoms with van der Waals surface area (Å²) >= 11 is 0. The standard InChI is InChI=1S/C63H39NO2/c1-2-17-40(18-3-1)43-21-14-22-44(39-43)64(56-32-16-34-58-60(56)50-27-10-13-33-57(50)65-58)55-31-12-9-25-47(55)48-28-15-30-52-59(48)49-26-8-11-29-51(49)63(52)53-37-35-41-19-4-6-23-45(41)61(53)66-62-46-24-7-5-20-42(46)36-38-54(62)63/h1-39H. The number of nitrogens with zero attached hydrogens (tertiary/aromatic N) is 1. The van der Waals surface area contributed by atoms with E-state index >= 15 is 0 Å². The summed E-state index contributed by atoms with van der Waals surface area (Å²) in [4.78, 5) is 2.44. The predicted octanol–water partition coefficient (Wildman–Crippen LogP) is 17.2. The van der Waals surface area contributed by atoms with Crippen molar-refractivity contribution in [3.8, 4) is 44.9 Å². The highest BCUT2D eigenvalue weighted by atomic mass is 16.5. The fourth-order valence-electron chi connectivity index (χ4n) is 11.4. The van der Waals surface area contributed by atoms with Crippen LogP contribution in [0, 0.1) is 0 Å². The minimum absolute atomic E-state index is 0.668. The monoisotopic (exact) mass is 841 g/mol. The van der Waals surface area contributed by atoms with Gasteiger partial charge < -0.3 is 14.1 Å². The summed E-state index contributed by atoms with van der Waals surface area (Å²) in [6, 6.07) is 85.7. The van der Waals surface area contributed by atoms with Gasteiger partial charge in [0.1, 0.15) is 22.7 Å². The third-order valence-corrected chi connectivity index (χ3v) is 14.1. The number of hydrogen-bond donors (Lipinski definition) is 0. The summed E-state index contributed by atoms with van der Waals surface area (Å²) in [5.74, 6) is 1.82. The molecule has 1 aromatic heterocycles. The zero-order chi connectivity index (χ0) is 43.3. The van der Waals surface area contributed by atoms with Crippen LogP contribution in [-0.4, -0.2) is 0 Å². The van der Waals surface area contributed by atoms with E-state index in [9.17, 15) is 0 Å². The van der Waals surface area contributed by atoms with E-state index in [1.165, 1.54) is 27.8 Å². The van der Waals surface area contributed by atoms with Gasteiger partial charge in [-0.15, -0.1) is 0 Å². The summed E-state index contributed by atoms with van der Waals surface area (Å²) in [5.41, 5.74) is 16.1. The summed E-state index contributed by atoms with van der Waals surface area (Å²) < 4.78 is 13.8. The van der Waals surface area contributed by atoms with Crippen LogP contribution in [0.15, 0.2) is 241 Å². The second kappa shape index (κ2) is 14.2. The van der Waals surface area contributed by atoms with Crippen molar-refractivity contribution in [1.29, 1.82) is 0 Å². The van der Waals surface area contributed by atoms with Crippen LogP contribution in [0.1, 0.15) is 22.3 Å². The topological polar surface area (TPSA) is 25.6 Å². The molecule has 0 unspecified atom stereocenters. The second-order valence-electron chi connectivity index (χ2n) is 17.5. The van der Waals surface area contributed by atoms with Crippen LogP contribution in [0.2, 0.25) is 0 Å². The highest BCUT2D eigenvalue weighted by Crippen LogP contribution is 2.65. The molecule has 3 heteroatoms. The smallest absolute Gasteiger partial charge is 0.140 e. The quantitative estimate of drug-likeness (QED) is 0.173. The van der Waals surface area contributed by atoms with Crippen molar-refractivity contribution < 1.29 is 9.15 Å². The number of ether oxygens (including phenoxy) is 1. The van der Waals surface area contributed by atoms with E-state index in [4.69, 9.17) is 9.15 Å². The van der Waals surface area contributed by atoms with E-state index in [-0.39, 0.29) is 0 Å². The van der Waals surface area contributed by atoms with Gasteiger partial charge in [0.05, 0.1) is 22.2 Å². The van der Waals surface area contributed by atoms with Crippen molar-refractivity contribution in [1.82, 2.24) is 0 Å². The summed E-state index contributed by atoms with van der Waals surface area (Å²) in [6.07, 6.45) is 0. The van der Waals surface area contributed by atoms with Gasteiger partial charge >= 0.3 is 0 Å². The van der Waals surface area contributed by atoms with Gasteiger partial charge in [-0.3, -0.25) is 0 Å². The highest BCUT2D eigenvalue weighted by Gasteiger charge is 2.52. The number of benzene rings is 11. The number of para-hydroxylation sites is 2. The van der Waals surface area contributed by atoms with Crippen LogP contribution in [0.4, 0.5) is 17.1 Å². The van der Waals surface area contributed by atoms with Crippen LogP contribution >= 0.6 is 0 Å². The van der Waals surface area contributed by atoms with Crippen molar-refractivity contribution >= 4 is 60.5 Å². The molecule has 0 saturated carbocycles. The van der Waals surface area contributed by atoms with Gasteiger partial charge in [0.15, 0.2) is 0 Å². The van der Waals surface area contributed by atoms with Crippen LogP contribution < -0.4 is 9.64 Å². The Hall–Kier alpha value is -8.66. The lowest BCUT2D eigenvalue weighted by atomic mass is 9.65. The Kier molecular flexibility index (Phi) is 7.90. The lowest BCUT2D eigenvalue weighted by Gasteiger charge is -2.40. The van der Waals surface area contributed by atoms with Crippen LogP contribution in [0.5, 0.6) is 11.5 Å². The van der Waals surface area contributed by atoms with Gasteiger partial charge in [0, 0.05) is 38.5 Å². The van der Waals surface area contributed by atoms with Gasteiger partial charge in [-0.2, -0.15) is 0 Å². The first-order chi connectivity index (χ1) is 32.8. The maximum absolute atomic E-state index is 7.27. The molecular weight excluding hydrogens is 803 g/mol. The minimum Gasteiger partial charge on any atom is -0.456 e. The molecular formula is C63H39NO2. The van der Waals surface area contributed by atoms with Gasteiger partial charge in [-0.1, -0.05) is 200 Å². The minimum atomic E-state index is -0.668. The lowest BCUT2D eigenvalue weighted by molar-refractivity contribution is 0.447. The molecule has 308 valence electrons. The van der Waals surface area contributed by atoms with Gasteiger partial charge in [-0.05, 0) is 86.1 Å². The Morgan fingerprint density at radius 3 is 1.70 bits per heavy atom. The molecule has 0 fully saturated rings. The van der Waals surface area contributed by atoms with E-state index in [1.54, 1.807) is 0 Å². The maximum Gasteiger partial charge on any atom is 0.140 e. The molecule has 0 N–H and O–H groups in total. The molecule has 66 heavy (non-hydrogen) atoms. The normalized spacial score (nSPS) is 13.1. The van der Waals surface area contributed by atoms with E-state index in [0.29, 0.717) is 0 Å². The summed E-state index contributed by atoms with van der Waals surface area (Å²) in [5, 5.41) is 6.68. The zero-order valence-corrected chi connectivity index (χ0v) is 35.8. The Morgan fingerprint density at radius 1 is 0.348 bits per heavy atom. The molecule has 0 bridgehead atoms. The van der Waals surface area contributed by atoms with Crippen molar-refractivity contribution in [3.63, 3.8) is 0 Å². The highest BCUT2D eigenvalue weighted by molar-refractivity contribution is 6.14. The molecule has 11 aromatic carbocycles. The molecule has 1 aliphatic heterocycles. The largest absolute Gasteiger partial charge is 0.456 e. The Labute approximate surface area is 382 Å². The zero-order valence-electron chi connectivity index (χ0n) is 35.8. The summed E-state index contributed by atoms with van der Waals surface area (Å²) in [6.45, 7) is 0. The molecule has 0 radical (unpaired) electrons. The van der Waals surface area contributed by atoms with Crippen molar-refractivity contribution in [3.05, 3.63) is 259 Å². The van der Waals surface area contributed by atoms with E-state index in [0.717, 1.165) is 99.9 Å². The molecule has 0 saturated heterocycles. The van der Waals surface area contributed by atoms with Crippen LogP contribution in [0.3, 0.4) is 0 Å². The van der Waals surface area contributed by atoms with Gasteiger partial charge in [-0.25, -0.2) is 0 Å². The fraction of sp³-hybridized carbons (Fsp3) is 0.0159. The predicted molar refractivity (Wildman–Crippen MR) is 272 cm³/mol. The number of rotatable bonds is 5. The van der Waals surface area contributed by atoms with Crippen molar-refractivity contribution in [2.45, 2.75) is 5.41 Å². The third kappa shape index (κ3) is 5.14.